The third-order valence-corrected chi connectivity index (χ3v) is 0.878. The van der Waals surface area contributed by atoms with E-state index in [9.17, 15) is 9.59 Å². The smallest absolute Gasteiger partial charge is 0.450 e. The molecule has 0 aromatic rings. The summed E-state index contributed by atoms with van der Waals surface area (Å²) in [6.45, 7) is 1.10. The van der Waals surface area contributed by atoms with Gasteiger partial charge in [-0.25, -0.2) is 9.59 Å². The highest BCUT2D eigenvalue weighted by atomic mass is 16.7. The topological polar surface area (TPSA) is 93.1 Å². The molecule has 0 fully saturated rings. The SMILES string of the molecule is C/C=C(\COC(=O)O)OC(=O)O. The molecule has 0 aliphatic carbocycles. The van der Waals surface area contributed by atoms with Gasteiger partial charge in [0.2, 0.25) is 0 Å². The molecule has 2 N–H and O–H groups in total. The first kappa shape index (κ1) is 10.3. The van der Waals surface area contributed by atoms with Crippen molar-refractivity contribution in [2.75, 3.05) is 6.61 Å². The largest absolute Gasteiger partial charge is 0.511 e. The Balaban J connectivity index is 3.85. The van der Waals surface area contributed by atoms with Gasteiger partial charge in [-0.1, -0.05) is 0 Å². The van der Waals surface area contributed by atoms with E-state index in [1.165, 1.54) is 13.0 Å². The fourth-order valence-corrected chi connectivity index (χ4v) is 0.417. The van der Waals surface area contributed by atoms with Crippen LogP contribution in [-0.2, 0) is 9.47 Å². The number of hydrogen-bond acceptors (Lipinski definition) is 4. The van der Waals surface area contributed by atoms with Crippen LogP contribution in [0.15, 0.2) is 11.8 Å². The van der Waals surface area contributed by atoms with Gasteiger partial charge >= 0.3 is 12.3 Å². The van der Waals surface area contributed by atoms with Crippen LogP contribution in [0, 0.1) is 0 Å². The average Bonchev–Trinajstić information content (AvgIpc) is 1.97. The molecule has 0 rings (SSSR count). The fraction of sp³-hybridized carbons (Fsp3) is 0.333. The van der Waals surface area contributed by atoms with Crippen LogP contribution in [0.25, 0.3) is 0 Å². The van der Waals surface area contributed by atoms with E-state index in [1.54, 1.807) is 0 Å². The molecule has 0 amide bonds. The zero-order valence-electron chi connectivity index (χ0n) is 6.31. The Morgan fingerprint density at radius 3 is 2.25 bits per heavy atom. The molecule has 0 heterocycles. The van der Waals surface area contributed by atoms with Gasteiger partial charge in [0.25, 0.3) is 0 Å². The van der Waals surface area contributed by atoms with Crippen LogP contribution in [-0.4, -0.2) is 29.1 Å². The molecule has 0 aliphatic heterocycles. The fourth-order valence-electron chi connectivity index (χ4n) is 0.417. The van der Waals surface area contributed by atoms with Crippen molar-refractivity contribution in [2.24, 2.45) is 0 Å². The summed E-state index contributed by atoms with van der Waals surface area (Å²) >= 11 is 0. The first-order valence-electron chi connectivity index (χ1n) is 2.98. The summed E-state index contributed by atoms with van der Waals surface area (Å²) in [5.41, 5.74) is 0. The van der Waals surface area contributed by atoms with Crippen LogP contribution >= 0.6 is 0 Å². The lowest BCUT2D eigenvalue weighted by atomic mass is 10.5. The first-order valence-corrected chi connectivity index (χ1v) is 2.98. The number of allylic oxidation sites excluding steroid dienone is 1. The zero-order valence-corrected chi connectivity index (χ0v) is 6.31. The van der Waals surface area contributed by atoms with Crippen molar-refractivity contribution >= 4 is 12.3 Å². The molecule has 6 nitrogen and oxygen atoms in total. The highest BCUT2D eigenvalue weighted by Gasteiger charge is 2.05. The van der Waals surface area contributed by atoms with Gasteiger partial charge in [-0.05, 0) is 13.0 Å². The van der Waals surface area contributed by atoms with Gasteiger partial charge in [0.05, 0.1) is 0 Å². The summed E-state index contributed by atoms with van der Waals surface area (Å²) in [5.74, 6) is -0.0649. The quantitative estimate of drug-likeness (QED) is 0.497. The van der Waals surface area contributed by atoms with Gasteiger partial charge in [0.1, 0.15) is 5.76 Å². The summed E-state index contributed by atoms with van der Waals surface area (Å²) in [7, 11) is 0. The number of carboxylic acid groups (broad SMARTS) is 2. The van der Waals surface area contributed by atoms with Crippen molar-refractivity contribution < 1.29 is 29.3 Å². The predicted molar refractivity (Wildman–Crippen MR) is 36.8 cm³/mol. The average molecular weight is 176 g/mol. The lowest BCUT2D eigenvalue weighted by molar-refractivity contribution is 0.0733. The third-order valence-electron chi connectivity index (χ3n) is 0.878. The third kappa shape index (κ3) is 5.10. The van der Waals surface area contributed by atoms with E-state index in [-0.39, 0.29) is 5.76 Å². The van der Waals surface area contributed by atoms with Crippen LogP contribution in [0.4, 0.5) is 9.59 Å². The van der Waals surface area contributed by atoms with Gasteiger partial charge < -0.3 is 19.7 Å². The molecule has 0 aromatic heterocycles. The van der Waals surface area contributed by atoms with Crippen molar-refractivity contribution in [1.82, 2.24) is 0 Å². The second-order valence-corrected chi connectivity index (χ2v) is 1.68. The molecule has 0 saturated carbocycles. The van der Waals surface area contributed by atoms with Crippen LogP contribution in [0.3, 0.4) is 0 Å². The Bertz CT molecular complexity index is 206. The maximum absolute atomic E-state index is 9.95. The molecule has 6 heteroatoms. The van der Waals surface area contributed by atoms with E-state index >= 15 is 0 Å². The zero-order chi connectivity index (χ0) is 9.56. The Hall–Kier alpha value is -1.72. The summed E-state index contributed by atoms with van der Waals surface area (Å²) in [4.78, 5) is 19.8. The highest BCUT2D eigenvalue weighted by molar-refractivity contribution is 5.59. The normalized spacial score (nSPS) is 10.6. The minimum absolute atomic E-state index is 0.0649. The Kier molecular flexibility index (Phi) is 4.28. The van der Waals surface area contributed by atoms with Gasteiger partial charge in [0, 0.05) is 0 Å². The van der Waals surface area contributed by atoms with Gasteiger partial charge in [-0.2, -0.15) is 0 Å². The van der Waals surface area contributed by atoms with Gasteiger partial charge in [-0.3, -0.25) is 0 Å². The predicted octanol–water partition coefficient (Wildman–Crippen LogP) is 1.28. The van der Waals surface area contributed by atoms with E-state index in [0.29, 0.717) is 0 Å². The summed E-state index contributed by atoms with van der Waals surface area (Å²) in [6.07, 6.45) is -1.68. The first-order chi connectivity index (χ1) is 5.56. The molecule has 0 unspecified atom stereocenters. The number of rotatable bonds is 3. The van der Waals surface area contributed by atoms with Crippen LogP contribution in [0.5, 0.6) is 0 Å². The van der Waals surface area contributed by atoms with Crippen LogP contribution < -0.4 is 0 Å². The van der Waals surface area contributed by atoms with Crippen molar-refractivity contribution in [1.29, 1.82) is 0 Å². The molecule has 0 radical (unpaired) electrons. The van der Waals surface area contributed by atoms with Crippen LogP contribution in [0.2, 0.25) is 0 Å². The van der Waals surface area contributed by atoms with Crippen molar-refractivity contribution in [3.8, 4) is 0 Å². The number of ether oxygens (including phenoxy) is 2. The molecular formula is C6H8O6. The Morgan fingerprint density at radius 1 is 1.33 bits per heavy atom. The van der Waals surface area contributed by atoms with E-state index in [2.05, 4.69) is 9.47 Å². The Labute approximate surface area is 68.0 Å². The minimum Gasteiger partial charge on any atom is -0.450 e. The molecule has 0 atom stereocenters. The summed E-state index contributed by atoms with van der Waals surface area (Å²) in [6, 6.07) is 0. The molecule has 0 aromatic carbocycles. The number of hydrogen-bond donors (Lipinski definition) is 2. The van der Waals surface area contributed by atoms with Crippen LogP contribution in [0.1, 0.15) is 6.92 Å². The van der Waals surface area contributed by atoms with E-state index in [4.69, 9.17) is 10.2 Å². The second kappa shape index (κ2) is 5.00. The maximum Gasteiger partial charge on any atom is 0.511 e. The lowest BCUT2D eigenvalue weighted by Gasteiger charge is -2.03. The van der Waals surface area contributed by atoms with Crippen molar-refractivity contribution in [3.05, 3.63) is 11.8 Å². The minimum atomic E-state index is -1.50. The molecule has 12 heavy (non-hydrogen) atoms. The summed E-state index contributed by atoms with van der Waals surface area (Å²) < 4.78 is 8.20. The van der Waals surface area contributed by atoms with E-state index in [1.807, 2.05) is 0 Å². The van der Waals surface area contributed by atoms with E-state index in [0.717, 1.165) is 0 Å². The summed E-state index contributed by atoms with van der Waals surface area (Å²) in [5, 5.41) is 16.2. The second-order valence-electron chi connectivity index (χ2n) is 1.68. The molecule has 0 bridgehead atoms. The highest BCUT2D eigenvalue weighted by Crippen LogP contribution is 1.98. The lowest BCUT2D eigenvalue weighted by Crippen LogP contribution is -2.09. The van der Waals surface area contributed by atoms with Crippen molar-refractivity contribution in [2.45, 2.75) is 6.92 Å². The molecule has 0 saturated heterocycles. The monoisotopic (exact) mass is 176 g/mol. The molecular weight excluding hydrogens is 168 g/mol. The Morgan fingerprint density at radius 2 is 1.92 bits per heavy atom. The molecule has 0 spiro atoms. The van der Waals surface area contributed by atoms with Gasteiger partial charge in [-0.15, -0.1) is 0 Å². The maximum atomic E-state index is 9.95. The van der Waals surface area contributed by atoms with Crippen molar-refractivity contribution in [3.63, 3.8) is 0 Å². The molecule has 68 valence electrons. The van der Waals surface area contributed by atoms with E-state index < -0.39 is 18.9 Å². The number of carbonyl (C=O) groups is 2. The van der Waals surface area contributed by atoms with Gasteiger partial charge in [0.15, 0.2) is 6.61 Å². The standard InChI is InChI=1S/C6H8O6/c1-2-4(12-6(9)10)3-11-5(7)8/h2H,3H2,1H3,(H,7,8)(H,9,10)/b4-2+. The molecule has 0 aliphatic rings.